The molecular weight excluding hydrogens is 664 g/mol. The van der Waals surface area contributed by atoms with Crippen LogP contribution in [0.4, 0.5) is 0 Å². The molecule has 0 radical (unpaired) electrons. The van der Waals surface area contributed by atoms with Crippen molar-refractivity contribution in [2.45, 2.75) is 75.4 Å². The third kappa shape index (κ3) is 7.53. The van der Waals surface area contributed by atoms with Crippen LogP contribution in [0.3, 0.4) is 0 Å². The van der Waals surface area contributed by atoms with E-state index in [0.29, 0.717) is 5.56 Å². The molecule has 3 fully saturated rings. The fraction of sp³-hybridized carbons (Fsp3) is 0.444. The molecule has 2 saturated heterocycles. The monoisotopic (exact) mass is 702 g/mol. The average molecular weight is 703 g/mol. The van der Waals surface area contributed by atoms with Crippen LogP contribution in [0.15, 0.2) is 64.4 Å². The number of benzene rings is 2. The maximum Gasteiger partial charge on any atom is 0.287 e. The Labute approximate surface area is 293 Å². The number of carbonyl (C=O) groups is 5. The van der Waals surface area contributed by atoms with Gasteiger partial charge < -0.3 is 20.7 Å². The summed E-state index contributed by atoms with van der Waals surface area (Å²) in [5.74, 6) is -4.00. The van der Waals surface area contributed by atoms with Crippen molar-refractivity contribution in [3.05, 3.63) is 75.7 Å². The van der Waals surface area contributed by atoms with Crippen LogP contribution in [0.2, 0.25) is 5.15 Å². The van der Waals surface area contributed by atoms with Crippen LogP contribution in [0.5, 0.6) is 0 Å². The van der Waals surface area contributed by atoms with Crippen molar-refractivity contribution in [3.63, 3.8) is 0 Å². The van der Waals surface area contributed by atoms with Crippen LogP contribution in [0.25, 0.3) is 10.8 Å². The minimum Gasteiger partial charge on any atom is -0.381 e. The Hall–Kier alpha value is -4.75. The zero-order valence-corrected chi connectivity index (χ0v) is 28.3. The summed E-state index contributed by atoms with van der Waals surface area (Å²) < 4.78 is 6.53. The van der Waals surface area contributed by atoms with Gasteiger partial charge in [-0.1, -0.05) is 74.0 Å². The van der Waals surface area contributed by atoms with E-state index >= 15 is 0 Å². The number of aromatic nitrogens is 2. The molecule has 1 saturated carbocycles. The molecule has 2 aromatic carbocycles. The van der Waals surface area contributed by atoms with Crippen LogP contribution in [-0.2, 0) is 23.9 Å². The quantitative estimate of drug-likeness (QED) is 0.252. The average Bonchev–Trinajstić information content (AvgIpc) is 3.58. The number of amides is 4. The first-order valence-electron chi connectivity index (χ1n) is 17.0. The number of nitrogens with one attached hydrogen (secondary N) is 1. The van der Waals surface area contributed by atoms with Crippen molar-refractivity contribution in [3.8, 4) is 0 Å². The molecule has 6 rings (SSSR count). The van der Waals surface area contributed by atoms with Gasteiger partial charge in [0.05, 0.1) is 6.04 Å². The number of Topliss-reactive ketones (excluding diaryl/α,β-unsaturated/α-hetero) is 1. The predicted octanol–water partition coefficient (Wildman–Crippen LogP) is 3.16. The Kier molecular flexibility index (Phi) is 10.5. The van der Waals surface area contributed by atoms with E-state index in [1.165, 1.54) is 17.0 Å². The molecule has 0 bridgehead atoms. The number of rotatable bonds is 9. The zero-order valence-electron chi connectivity index (χ0n) is 27.5. The lowest BCUT2D eigenvalue weighted by Gasteiger charge is -2.37. The second-order valence-corrected chi connectivity index (χ2v) is 13.7. The zero-order chi connectivity index (χ0) is 35.4. The van der Waals surface area contributed by atoms with Crippen molar-refractivity contribution in [2.75, 3.05) is 19.8 Å². The summed E-state index contributed by atoms with van der Waals surface area (Å²) in [5, 5.41) is 8.74. The number of ketones is 1. The van der Waals surface area contributed by atoms with E-state index in [1.807, 2.05) is 30.3 Å². The number of carbonyl (C=O) groups excluding carboxylic acids is 5. The van der Waals surface area contributed by atoms with E-state index in [4.69, 9.17) is 22.1 Å². The predicted molar refractivity (Wildman–Crippen MR) is 185 cm³/mol. The maximum atomic E-state index is 14.6. The van der Waals surface area contributed by atoms with Gasteiger partial charge in [0, 0.05) is 50.7 Å². The molecule has 262 valence electrons. The van der Waals surface area contributed by atoms with Crippen LogP contribution in [0.1, 0.15) is 74.2 Å². The summed E-state index contributed by atoms with van der Waals surface area (Å²) in [6.45, 7) is 0.0795. The molecule has 2 atom stereocenters. The largest absolute Gasteiger partial charge is 0.381 e. The lowest BCUT2D eigenvalue weighted by Crippen LogP contribution is -2.63. The third-order valence-corrected chi connectivity index (χ3v) is 10.2. The third-order valence-electron chi connectivity index (χ3n) is 10.0. The lowest BCUT2D eigenvalue weighted by atomic mass is 9.84. The van der Waals surface area contributed by atoms with Crippen molar-refractivity contribution < 1.29 is 28.7 Å². The summed E-state index contributed by atoms with van der Waals surface area (Å²) in [6.07, 6.45) is 4.98. The number of fused-ring (bicyclic) bond motifs is 1. The SMILES string of the molecule is NC(=O)C(=O)C1(NC(=O)[C@@H]2C[C@H](n3nc(Cl)ccc3=O)CN2C(=O)C(CC2CCCCC2)=NC(=O)c2ccc3ccccc3c2)CCOCC1. The van der Waals surface area contributed by atoms with Gasteiger partial charge in [0.2, 0.25) is 11.7 Å². The van der Waals surface area contributed by atoms with Crippen molar-refractivity contribution in [1.82, 2.24) is 20.0 Å². The highest BCUT2D eigenvalue weighted by molar-refractivity contribution is 6.41. The summed E-state index contributed by atoms with van der Waals surface area (Å²) in [4.78, 5) is 86.2. The number of hydrogen-bond acceptors (Lipinski definition) is 8. The van der Waals surface area contributed by atoms with Crippen molar-refractivity contribution >= 4 is 57.5 Å². The number of nitrogens with zero attached hydrogens (tertiary/aromatic N) is 4. The Morgan fingerprint density at radius 3 is 2.42 bits per heavy atom. The smallest absolute Gasteiger partial charge is 0.287 e. The van der Waals surface area contributed by atoms with Gasteiger partial charge in [0.1, 0.15) is 22.4 Å². The number of hydrogen-bond donors (Lipinski definition) is 2. The fourth-order valence-electron chi connectivity index (χ4n) is 7.33. The summed E-state index contributed by atoms with van der Waals surface area (Å²) in [6, 6.07) is 13.4. The lowest BCUT2D eigenvalue weighted by molar-refractivity contribution is -0.146. The van der Waals surface area contributed by atoms with E-state index in [1.54, 1.807) is 12.1 Å². The van der Waals surface area contributed by atoms with Crippen LogP contribution in [-0.4, -0.2) is 81.1 Å². The van der Waals surface area contributed by atoms with Gasteiger partial charge in [-0.2, -0.15) is 5.10 Å². The molecule has 3 N–H and O–H groups in total. The van der Waals surface area contributed by atoms with Gasteiger partial charge in [-0.15, -0.1) is 0 Å². The summed E-state index contributed by atoms with van der Waals surface area (Å²) in [7, 11) is 0. The minimum atomic E-state index is -1.62. The maximum absolute atomic E-state index is 14.6. The number of nitrogens with two attached hydrogens (primary N) is 1. The highest BCUT2D eigenvalue weighted by atomic mass is 35.5. The number of primary amides is 1. The standard InChI is InChI=1S/C36H39ClN6O7/c37-29-12-13-30(44)43(41-29)26-20-28(34(48)40-36(31(45)32(38)46)14-16-50-17-15-36)42(21-26)35(49)27(18-22-6-2-1-3-7-22)39-33(47)25-11-10-23-8-4-5-9-24(23)19-25/h4-5,8-13,19,22,26,28H,1-3,6-7,14-18,20-21H2,(H2,38,46)(H,40,48)/t26-,28-/m0/s1. The molecule has 50 heavy (non-hydrogen) atoms. The van der Waals surface area contributed by atoms with Gasteiger partial charge >= 0.3 is 0 Å². The molecule has 14 heteroatoms. The highest BCUT2D eigenvalue weighted by Gasteiger charge is 2.48. The fourth-order valence-corrected chi connectivity index (χ4v) is 7.48. The molecule has 0 unspecified atom stereocenters. The van der Waals surface area contributed by atoms with Gasteiger partial charge in [0.15, 0.2) is 0 Å². The first kappa shape index (κ1) is 35.1. The van der Waals surface area contributed by atoms with Gasteiger partial charge in [-0.05, 0) is 41.3 Å². The summed E-state index contributed by atoms with van der Waals surface area (Å²) >= 11 is 6.14. The van der Waals surface area contributed by atoms with Crippen molar-refractivity contribution in [2.24, 2.45) is 16.6 Å². The van der Waals surface area contributed by atoms with E-state index < -0.39 is 52.6 Å². The van der Waals surface area contributed by atoms with E-state index in [0.717, 1.165) is 47.6 Å². The first-order chi connectivity index (χ1) is 24.0. The Bertz CT molecular complexity index is 1910. The molecule has 1 aliphatic carbocycles. The number of ether oxygens (including phenoxy) is 1. The van der Waals surface area contributed by atoms with E-state index in [9.17, 15) is 28.8 Å². The van der Waals surface area contributed by atoms with Gasteiger partial charge in [0.25, 0.3) is 23.3 Å². The molecule has 3 heterocycles. The molecule has 2 aliphatic heterocycles. The number of halogens is 1. The molecule has 3 aromatic rings. The highest BCUT2D eigenvalue weighted by Crippen LogP contribution is 2.32. The molecule has 13 nitrogen and oxygen atoms in total. The van der Waals surface area contributed by atoms with E-state index in [2.05, 4.69) is 15.4 Å². The second-order valence-electron chi connectivity index (χ2n) is 13.3. The Morgan fingerprint density at radius 2 is 1.70 bits per heavy atom. The molecule has 0 spiro atoms. The first-order valence-corrected chi connectivity index (χ1v) is 17.3. The van der Waals surface area contributed by atoms with E-state index in [-0.39, 0.29) is 62.2 Å². The summed E-state index contributed by atoms with van der Waals surface area (Å²) in [5.41, 5.74) is 3.60. The second kappa shape index (κ2) is 15.0. The Balaban J connectivity index is 1.37. The van der Waals surface area contributed by atoms with Crippen LogP contribution >= 0.6 is 11.6 Å². The Morgan fingerprint density at radius 1 is 0.980 bits per heavy atom. The number of likely N-dealkylation sites (tertiary alicyclic amines) is 1. The number of aliphatic imine (C=N–C) groups is 1. The molecule has 3 aliphatic rings. The van der Waals surface area contributed by atoms with Gasteiger partial charge in [-0.3, -0.25) is 28.8 Å². The molecule has 4 amide bonds. The minimum absolute atomic E-state index is 0.00824. The van der Waals surface area contributed by atoms with Crippen molar-refractivity contribution in [1.29, 1.82) is 0 Å². The normalized spacial score (nSPS) is 21.1. The molecular formula is C36H39ClN6O7. The molecule has 1 aromatic heterocycles. The van der Waals surface area contributed by atoms with Crippen LogP contribution < -0.4 is 16.6 Å². The topological polar surface area (TPSA) is 183 Å². The van der Waals surface area contributed by atoms with Gasteiger partial charge in [-0.25, -0.2) is 9.67 Å². The van der Waals surface area contributed by atoms with Crippen LogP contribution in [0, 0.1) is 5.92 Å².